The minimum Gasteiger partial charge on any atom is -0.272 e. The fourth-order valence-corrected chi connectivity index (χ4v) is 2.17. The van der Waals surface area contributed by atoms with Crippen molar-refractivity contribution < 1.29 is 4.79 Å². The first-order valence-corrected chi connectivity index (χ1v) is 5.61. The minimum atomic E-state index is -0.101. The molecule has 1 aromatic carbocycles. The number of hydrogen-bond acceptors (Lipinski definition) is 2. The van der Waals surface area contributed by atoms with Crippen molar-refractivity contribution in [3.05, 3.63) is 33.8 Å². The first kappa shape index (κ1) is 10.0. The van der Waals surface area contributed by atoms with Crippen LogP contribution in [0.3, 0.4) is 0 Å². The highest BCUT2D eigenvalue weighted by atomic mass is 35.5. The molecule has 0 spiro atoms. The molecule has 14 heavy (non-hydrogen) atoms. The van der Waals surface area contributed by atoms with E-state index in [-0.39, 0.29) is 5.91 Å². The molecule has 0 radical (unpaired) electrons. The lowest BCUT2D eigenvalue weighted by Crippen LogP contribution is -1.91. The van der Waals surface area contributed by atoms with Crippen LogP contribution in [0.15, 0.2) is 23.2 Å². The number of carbonyl (C=O) groups excluding carboxylic acids is 1. The van der Waals surface area contributed by atoms with Gasteiger partial charge in [-0.2, -0.15) is 0 Å². The Morgan fingerprint density at radius 2 is 2.07 bits per heavy atom. The van der Waals surface area contributed by atoms with E-state index in [9.17, 15) is 4.79 Å². The smallest absolute Gasteiger partial charge is 0.257 e. The quantitative estimate of drug-likeness (QED) is 0.762. The maximum Gasteiger partial charge on any atom is 0.257 e. The summed E-state index contributed by atoms with van der Waals surface area (Å²) < 4.78 is 0. The standard InChI is InChI=1S/C9H5Cl2NOS/c10-6-2-1-5(3-7(6)11)9-12-8(13)4-14-9/h1-3H,4H2. The number of hydrogen-bond donors (Lipinski definition) is 0. The molecular formula is C9H5Cl2NOS. The number of thioether (sulfide) groups is 1. The molecule has 5 heteroatoms. The van der Waals surface area contributed by atoms with Gasteiger partial charge in [0.25, 0.3) is 5.91 Å². The van der Waals surface area contributed by atoms with E-state index in [1.807, 2.05) is 0 Å². The average molecular weight is 246 g/mol. The monoisotopic (exact) mass is 245 g/mol. The molecule has 0 unspecified atom stereocenters. The van der Waals surface area contributed by atoms with E-state index in [1.54, 1.807) is 18.2 Å². The van der Waals surface area contributed by atoms with Gasteiger partial charge in [-0.05, 0) is 12.1 Å². The van der Waals surface area contributed by atoms with Gasteiger partial charge >= 0.3 is 0 Å². The third kappa shape index (κ3) is 1.95. The maximum atomic E-state index is 10.9. The number of carbonyl (C=O) groups is 1. The average Bonchev–Trinajstić information content (AvgIpc) is 2.57. The zero-order valence-electron chi connectivity index (χ0n) is 6.96. The fourth-order valence-electron chi connectivity index (χ4n) is 1.08. The van der Waals surface area contributed by atoms with Gasteiger partial charge < -0.3 is 0 Å². The topological polar surface area (TPSA) is 29.4 Å². The fraction of sp³-hybridized carbons (Fsp3) is 0.111. The summed E-state index contributed by atoms with van der Waals surface area (Å²) in [6.07, 6.45) is 0. The van der Waals surface area contributed by atoms with Gasteiger partial charge in [0.05, 0.1) is 15.8 Å². The van der Waals surface area contributed by atoms with E-state index in [2.05, 4.69) is 4.99 Å². The maximum absolute atomic E-state index is 10.9. The molecule has 0 saturated carbocycles. The zero-order valence-corrected chi connectivity index (χ0v) is 9.29. The van der Waals surface area contributed by atoms with Gasteiger partial charge in [-0.3, -0.25) is 4.79 Å². The Hall–Kier alpha value is -0.510. The molecule has 2 nitrogen and oxygen atoms in total. The van der Waals surface area contributed by atoms with E-state index in [1.165, 1.54) is 11.8 Å². The van der Waals surface area contributed by atoms with Crippen molar-refractivity contribution in [1.29, 1.82) is 0 Å². The van der Waals surface area contributed by atoms with Gasteiger partial charge in [0, 0.05) is 5.56 Å². The number of rotatable bonds is 1. The Kier molecular flexibility index (Phi) is 2.81. The summed E-state index contributed by atoms with van der Waals surface area (Å²) in [6.45, 7) is 0. The van der Waals surface area contributed by atoms with Crippen LogP contribution in [-0.2, 0) is 4.79 Å². The third-order valence-corrected chi connectivity index (χ3v) is 3.46. The Morgan fingerprint density at radius 3 is 2.64 bits per heavy atom. The summed E-state index contributed by atoms with van der Waals surface area (Å²) in [4.78, 5) is 14.8. The van der Waals surface area contributed by atoms with Crippen molar-refractivity contribution in [3.63, 3.8) is 0 Å². The van der Waals surface area contributed by atoms with Crippen LogP contribution in [0.25, 0.3) is 0 Å². The highest BCUT2D eigenvalue weighted by Crippen LogP contribution is 2.26. The van der Waals surface area contributed by atoms with E-state index in [4.69, 9.17) is 23.2 Å². The molecule has 0 atom stereocenters. The van der Waals surface area contributed by atoms with Gasteiger partial charge in [-0.25, -0.2) is 4.99 Å². The second-order valence-corrected chi connectivity index (χ2v) is 4.51. The third-order valence-electron chi connectivity index (χ3n) is 1.73. The lowest BCUT2D eigenvalue weighted by Gasteiger charge is -2.00. The summed E-state index contributed by atoms with van der Waals surface area (Å²) in [5.74, 6) is 0.311. The summed E-state index contributed by atoms with van der Waals surface area (Å²) in [5.41, 5.74) is 0.843. The van der Waals surface area contributed by atoms with Gasteiger partial charge in [0.15, 0.2) is 0 Å². The molecule has 72 valence electrons. The molecule has 0 saturated heterocycles. The Morgan fingerprint density at radius 1 is 1.29 bits per heavy atom. The van der Waals surface area contributed by atoms with E-state index in [0.29, 0.717) is 20.8 Å². The van der Waals surface area contributed by atoms with E-state index < -0.39 is 0 Å². The number of amides is 1. The number of halogens is 2. The van der Waals surface area contributed by atoms with Crippen LogP contribution >= 0.6 is 35.0 Å². The predicted octanol–water partition coefficient (Wildman–Crippen LogP) is 3.01. The van der Waals surface area contributed by atoms with Crippen LogP contribution < -0.4 is 0 Å². The van der Waals surface area contributed by atoms with Gasteiger partial charge in [-0.1, -0.05) is 41.0 Å². The van der Waals surface area contributed by atoms with Crippen molar-refractivity contribution in [2.45, 2.75) is 0 Å². The molecule has 1 aliphatic rings. The molecule has 0 aliphatic carbocycles. The molecule has 2 rings (SSSR count). The zero-order chi connectivity index (χ0) is 10.1. The number of benzene rings is 1. The Bertz CT molecular complexity index is 431. The van der Waals surface area contributed by atoms with Gasteiger partial charge in [0.2, 0.25) is 0 Å². The molecule has 1 heterocycles. The van der Waals surface area contributed by atoms with Crippen LogP contribution in [0.1, 0.15) is 5.56 Å². The van der Waals surface area contributed by atoms with Crippen LogP contribution in [0, 0.1) is 0 Å². The Balaban J connectivity index is 2.38. The molecular weight excluding hydrogens is 241 g/mol. The molecule has 1 amide bonds. The molecule has 1 aliphatic heterocycles. The van der Waals surface area contributed by atoms with E-state index >= 15 is 0 Å². The molecule has 0 fully saturated rings. The second-order valence-electron chi connectivity index (χ2n) is 2.73. The summed E-state index contributed by atoms with van der Waals surface area (Å²) in [7, 11) is 0. The number of aliphatic imine (C=N–C) groups is 1. The van der Waals surface area contributed by atoms with Crippen LogP contribution in [0.2, 0.25) is 10.0 Å². The number of nitrogens with zero attached hydrogens (tertiary/aromatic N) is 1. The van der Waals surface area contributed by atoms with Gasteiger partial charge in [0.1, 0.15) is 5.04 Å². The largest absolute Gasteiger partial charge is 0.272 e. The summed E-state index contributed by atoms with van der Waals surface area (Å²) >= 11 is 13.0. The highest BCUT2D eigenvalue weighted by Gasteiger charge is 2.16. The highest BCUT2D eigenvalue weighted by molar-refractivity contribution is 8.15. The van der Waals surface area contributed by atoms with Crippen LogP contribution in [0.4, 0.5) is 0 Å². The SMILES string of the molecule is O=C1CSC(c2ccc(Cl)c(Cl)c2)=N1. The first-order chi connectivity index (χ1) is 6.66. The normalized spacial score (nSPS) is 15.9. The van der Waals surface area contributed by atoms with Crippen molar-refractivity contribution in [3.8, 4) is 0 Å². The van der Waals surface area contributed by atoms with Crippen molar-refractivity contribution in [2.75, 3.05) is 5.75 Å². The van der Waals surface area contributed by atoms with E-state index in [0.717, 1.165) is 5.56 Å². The summed E-state index contributed by atoms with van der Waals surface area (Å²) in [6, 6.07) is 5.22. The lowest BCUT2D eigenvalue weighted by molar-refractivity contribution is -0.115. The van der Waals surface area contributed by atoms with Crippen LogP contribution in [-0.4, -0.2) is 16.7 Å². The van der Waals surface area contributed by atoms with Crippen molar-refractivity contribution in [2.24, 2.45) is 4.99 Å². The minimum absolute atomic E-state index is 0.101. The second kappa shape index (κ2) is 3.93. The molecule has 0 N–H and O–H groups in total. The first-order valence-electron chi connectivity index (χ1n) is 3.86. The van der Waals surface area contributed by atoms with Gasteiger partial charge in [-0.15, -0.1) is 0 Å². The lowest BCUT2D eigenvalue weighted by atomic mass is 10.2. The summed E-state index contributed by atoms with van der Waals surface area (Å²) in [5, 5.41) is 1.70. The van der Waals surface area contributed by atoms with Crippen molar-refractivity contribution in [1.82, 2.24) is 0 Å². The molecule has 0 bridgehead atoms. The van der Waals surface area contributed by atoms with Crippen LogP contribution in [0.5, 0.6) is 0 Å². The Labute approximate surface area is 95.3 Å². The predicted molar refractivity (Wildman–Crippen MR) is 60.5 cm³/mol. The molecule has 0 aromatic heterocycles. The van der Waals surface area contributed by atoms with Crippen molar-refractivity contribution >= 4 is 45.9 Å². The molecule has 1 aromatic rings.